The number of hydrogen-bond donors (Lipinski definition) is 1. The summed E-state index contributed by atoms with van der Waals surface area (Å²) in [5.41, 5.74) is 1.09. The van der Waals surface area contributed by atoms with Crippen LogP contribution in [0.3, 0.4) is 0 Å². The van der Waals surface area contributed by atoms with Crippen molar-refractivity contribution < 1.29 is 19.0 Å². The second-order valence-corrected chi connectivity index (χ2v) is 7.24. The SMILES string of the molecule is COc1ccccc1Oc1nc(-c2ccccc2)ncc1C(=O)NCCN1CCOCC1. The largest absolute Gasteiger partial charge is 0.493 e. The van der Waals surface area contributed by atoms with E-state index in [1.54, 1.807) is 19.2 Å². The van der Waals surface area contributed by atoms with Gasteiger partial charge in [-0.15, -0.1) is 0 Å². The van der Waals surface area contributed by atoms with Crippen molar-refractivity contribution in [3.8, 4) is 28.8 Å². The first-order valence-electron chi connectivity index (χ1n) is 10.6. The minimum Gasteiger partial charge on any atom is -0.493 e. The standard InChI is InChI=1S/C24H26N4O4/c1-30-20-9-5-6-10-21(20)32-24-19(17-26-22(27-24)18-7-3-2-4-8-18)23(29)25-11-12-28-13-15-31-16-14-28/h2-10,17H,11-16H2,1H3,(H,25,29). The Morgan fingerprint density at radius 2 is 1.78 bits per heavy atom. The molecule has 2 heterocycles. The maximum absolute atomic E-state index is 13.0. The lowest BCUT2D eigenvalue weighted by Gasteiger charge is -2.26. The number of amides is 1. The lowest BCUT2D eigenvalue weighted by atomic mass is 10.2. The van der Waals surface area contributed by atoms with E-state index in [1.165, 1.54) is 6.20 Å². The molecule has 2 aromatic carbocycles. The van der Waals surface area contributed by atoms with Gasteiger partial charge in [0.15, 0.2) is 17.3 Å². The van der Waals surface area contributed by atoms with Crippen LogP contribution < -0.4 is 14.8 Å². The number of nitrogens with zero attached hydrogens (tertiary/aromatic N) is 3. The van der Waals surface area contributed by atoms with Crippen molar-refractivity contribution in [1.29, 1.82) is 0 Å². The van der Waals surface area contributed by atoms with Gasteiger partial charge in [0, 0.05) is 37.9 Å². The number of benzene rings is 2. The van der Waals surface area contributed by atoms with Crippen molar-refractivity contribution in [1.82, 2.24) is 20.2 Å². The molecule has 166 valence electrons. The van der Waals surface area contributed by atoms with Crippen LogP contribution in [0, 0.1) is 0 Å². The Bertz CT molecular complexity index is 1040. The Morgan fingerprint density at radius 1 is 1.06 bits per heavy atom. The molecule has 32 heavy (non-hydrogen) atoms. The fourth-order valence-electron chi connectivity index (χ4n) is 3.38. The molecular weight excluding hydrogens is 408 g/mol. The molecule has 1 aliphatic rings. The summed E-state index contributed by atoms with van der Waals surface area (Å²) in [6, 6.07) is 16.8. The average Bonchev–Trinajstić information content (AvgIpc) is 2.85. The van der Waals surface area contributed by atoms with E-state index < -0.39 is 0 Å². The van der Waals surface area contributed by atoms with E-state index in [0.29, 0.717) is 23.9 Å². The number of rotatable bonds is 8. The van der Waals surface area contributed by atoms with Gasteiger partial charge in [-0.05, 0) is 12.1 Å². The second kappa shape index (κ2) is 10.7. The molecule has 1 amide bonds. The third-order valence-electron chi connectivity index (χ3n) is 5.12. The van der Waals surface area contributed by atoms with Gasteiger partial charge in [0.05, 0.1) is 20.3 Å². The Morgan fingerprint density at radius 3 is 2.53 bits per heavy atom. The summed E-state index contributed by atoms with van der Waals surface area (Å²) in [5.74, 6) is 1.37. The Kier molecular flexibility index (Phi) is 7.27. The first kappa shape index (κ1) is 21.7. The maximum Gasteiger partial charge on any atom is 0.258 e. The highest BCUT2D eigenvalue weighted by molar-refractivity contribution is 5.96. The van der Waals surface area contributed by atoms with E-state index >= 15 is 0 Å². The molecule has 1 aromatic heterocycles. The van der Waals surface area contributed by atoms with Gasteiger partial charge in [-0.25, -0.2) is 4.98 Å². The molecule has 0 saturated carbocycles. The van der Waals surface area contributed by atoms with Crippen molar-refractivity contribution in [3.05, 3.63) is 66.4 Å². The van der Waals surface area contributed by atoms with Crippen LogP contribution in [0.15, 0.2) is 60.8 Å². The zero-order valence-corrected chi connectivity index (χ0v) is 18.0. The first-order chi connectivity index (χ1) is 15.7. The minimum atomic E-state index is -0.289. The Hall–Kier alpha value is -3.49. The molecule has 0 bridgehead atoms. The van der Waals surface area contributed by atoms with Crippen LogP contribution >= 0.6 is 0 Å². The molecule has 0 spiro atoms. The van der Waals surface area contributed by atoms with E-state index in [9.17, 15) is 4.79 Å². The van der Waals surface area contributed by atoms with Crippen molar-refractivity contribution in [3.63, 3.8) is 0 Å². The van der Waals surface area contributed by atoms with E-state index in [1.807, 2.05) is 42.5 Å². The number of hydrogen-bond acceptors (Lipinski definition) is 7. The lowest BCUT2D eigenvalue weighted by Crippen LogP contribution is -2.41. The minimum absolute atomic E-state index is 0.173. The third-order valence-corrected chi connectivity index (χ3v) is 5.12. The van der Waals surface area contributed by atoms with Crippen molar-refractivity contribution in [2.24, 2.45) is 0 Å². The molecule has 0 radical (unpaired) electrons. The number of nitrogens with one attached hydrogen (secondary N) is 1. The van der Waals surface area contributed by atoms with Crippen LogP contribution in [0.1, 0.15) is 10.4 Å². The molecule has 8 heteroatoms. The highest BCUT2D eigenvalue weighted by Crippen LogP contribution is 2.32. The van der Waals surface area contributed by atoms with Gasteiger partial charge >= 0.3 is 0 Å². The molecule has 1 aliphatic heterocycles. The van der Waals surface area contributed by atoms with E-state index in [4.69, 9.17) is 14.2 Å². The summed E-state index contributed by atoms with van der Waals surface area (Å²) in [6.07, 6.45) is 1.50. The number of methoxy groups -OCH3 is 1. The van der Waals surface area contributed by atoms with E-state index in [0.717, 1.165) is 38.4 Å². The molecular formula is C24H26N4O4. The molecule has 0 atom stereocenters. The normalized spacial score (nSPS) is 14.0. The van der Waals surface area contributed by atoms with Crippen molar-refractivity contribution in [2.75, 3.05) is 46.5 Å². The van der Waals surface area contributed by atoms with Crippen LogP contribution in [0.25, 0.3) is 11.4 Å². The number of ether oxygens (including phenoxy) is 3. The van der Waals surface area contributed by atoms with Crippen LogP contribution in [0.4, 0.5) is 0 Å². The fraction of sp³-hybridized carbons (Fsp3) is 0.292. The maximum atomic E-state index is 13.0. The quantitative estimate of drug-likeness (QED) is 0.583. The van der Waals surface area contributed by atoms with Crippen LogP contribution in [0.2, 0.25) is 0 Å². The van der Waals surface area contributed by atoms with Crippen molar-refractivity contribution >= 4 is 5.91 Å². The highest BCUT2D eigenvalue weighted by atomic mass is 16.5. The number of morpholine rings is 1. The van der Waals surface area contributed by atoms with Crippen LogP contribution in [-0.2, 0) is 4.74 Å². The molecule has 0 aliphatic carbocycles. The van der Waals surface area contributed by atoms with Gasteiger partial charge in [0.25, 0.3) is 5.91 Å². The van der Waals surface area contributed by atoms with Gasteiger partial charge in [-0.2, -0.15) is 4.98 Å². The fourth-order valence-corrected chi connectivity index (χ4v) is 3.38. The van der Waals surface area contributed by atoms with Crippen LogP contribution in [-0.4, -0.2) is 67.3 Å². The smallest absolute Gasteiger partial charge is 0.258 e. The molecule has 1 saturated heterocycles. The summed E-state index contributed by atoms with van der Waals surface area (Å²) >= 11 is 0. The van der Waals surface area contributed by atoms with Gasteiger partial charge in [0.2, 0.25) is 5.88 Å². The summed E-state index contributed by atoms with van der Waals surface area (Å²) in [4.78, 5) is 24.2. The zero-order valence-electron chi connectivity index (χ0n) is 18.0. The molecule has 3 aromatic rings. The molecule has 1 fully saturated rings. The molecule has 4 rings (SSSR count). The number of carbonyl (C=O) groups excluding carboxylic acids is 1. The highest BCUT2D eigenvalue weighted by Gasteiger charge is 2.19. The third kappa shape index (κ3) is 5.40. The number of para-hydroxylation sites is 2. The summed E-state index contributed by atoms with van der Waals surface area (Å²) in [7, 11) is 1.57. The van der Waals surface area contributed by atoms with Gasteiger partial charge in [0.1, 0.15) is 5.56 Å². The monoisotopic (exact) mass is 434 g/mol. The van der Waals surface area contributed by atoms with Gasteiger partial charge in [-0.1, -0.05) is 42.5 Å². The second-order valence-electron chi connectivity index (χ2n) is 7.24. The molecule has 1 N–H and O–H groups in total. The van der Waals surface area contributed by atoms with Gasteiger partial charge in [-0.3, -0.25) is 9.69 Å². The number of aromatic nitrogens is 2. The Labute approximate surface area is 187 Å². The topological polar surface area (TPSA) is 85.8 Å². The lowest BCUT2D eigenvalue weighted by molar-refractivity contribution is 0.0383. The zero-order chi connectivity index (χ0) is 22.2. The molecule has 8 nitrogen and oxygen atoms in total. The van der Waals surface area contributed by atoms with Crippen molar-refractivity contribution in [2.45, 2.75) is 0 Å². The first-order valence-corrected chi connectivity index (χ1v) is 10.6. The predicted octanol–water partition coefficient (Wildman–Crippen LogP) is 3.01. The van der Waals surface area contributed by atoms with Gasteiger partial charge < -0.3 is 19.5 Å². The summed E-state index contributed by atoms with van der Waals surface area (Å²) in [6.45, 7) is 4.44. The predicted molar refractivity (Wildman–Crippen MR) is 120 cm³/mol. The Balaban J connectivity index is 1.56. The number of carbonyl (C=O) groups is 1. The van der Waals surface area contributed by atoms with E-state index in [-0.39, 0.29) is 17.4 Å². The van der Waals surface area contributed by atoms with E-state index in [2.05, 4.69) is 20.2 Å². The molecule has 0 unspecified atom stereocenters. The van der Waals surface area contributed by atoms with Crippen LogP contribution in [0.5, 0.6) is 17.4 Å². The summed E-state index contributed by atoms with van der Waals surface area (Å²) < 4.78 is 16.8. The summed E-state index contributed by atoms with van der Waals surface area (Å²) in [5, 5.41) is 2.95. The average molecular weight is 434 g/mol.